The van der Waals surface area contributed by atoms with Crippen LogP contribution in [-0.4, -0.2) is 70.8 Å². The quantitative estimate of drug-likeness (QED) is 0.501. The standard InChI is InChI=1S/C14H21F5N6/c1-10(14(17,18)19)23-5-7-24(8-6-23)13(20-2)22-9-11-21-3-4-25(11)12(15)16/h3-4,10,12H,5-9H2,1-2H3,(H,20,22). The fourth-order valence-corrected chi connectivity index (χ4v) is 2.68. The van der Waals surface area contributed by atoms with Gasteiger partial charge in [-0.15, -0.1) is 0 Å². The highest BCUT2D eigenvalue weighted by molar-refractivity contribution is 5.79. The summed E-state index contributed by atoms with van der Waals surface area (Å²) in [4.78, 5) is 11.1. The van der Waals surface area contributed by atoms with Gasteiger partial charge >= 0.3 is 12.7 Å². The van der Waals surface area contributed by atoms with E-state index in [1.807, 2.05) is 0 Å². The number of guanidine groups is 1. The van der Waals surface area contributed by atoms with Crippen LogP contribution in [0.3, 0.4) is 0 Å². The molecule has 0 radical (unpaired) electrons. The summed E-state index contributed by atoms with van der Waals surface area (Å²) in [6.45, 7) is -0.281. The second kappa shape index (κ2) is 7.98. The van der Waals surface area contributed by atoms with Crippen molar-refractivity contribution in [1.82, 2.24) is 24.7 Å². The molecule has 0 aromatic carbocycles. The highest BCUT2D eigenvalue weighted by atomic mass is 19.4. The maximum Gasteiger partial charge on any atom is 0.403 e. The largest absolute Gasteiger partial charge is 0.403 e. The van der Waals surface area contributed by atoms with E-state index in [-0.39, 0.29) is 25.5 Å². The van der Waals surface area contributed by atoms with Crippen LogP contribution in [0.15, 0.2) is 17.4 Å². The van der Waals surface area contributed by atoms with Crippen molar-refractivity contribution in [2.45, 2.75) is 32.2 Å². The van der Waals surface area contributed by atoms with Crippen LogP contribution in [0.4, 0.5) is 22.0 Å². The molecule has 0 saturated carbocycles. The van der Waals surface area contributed by atoms with Crippen molar-refractivity contribution in [3.05, 3.63) is 18.2 Å². The Balaban J connectivity index is 1.89. The number of rotatable bonds is 4. The predicted molar refractivity (Wildman–Crippen MR) is 82.3 cm³/mol. The summed E-state index contributed by atoms with van der Waals surface area (Å²) in [5.41, 5.74) is 0. The molecule has 2 rings (SSSR count). The van der Waals surface area contributed by atoms with Crippen molar-refractivity contribution < 1.29 is 22.0 Å². The third-order valence-corrected chi connectivity index (χ3v) is 4.21. The third kappa shape index (κ3) is 4.80. The Morgan fingerprint density at radius 3 is 2.44 bits per heavy atom. The molecule has 1 N–H and O–H groups in total. The number of halogens is 5. The van der Waals surface area contributed by atoms with Gasteiger partial charge in [-0.25, -0.2) is 4.98 Å². The van der Waals surface area contributed by atoms with Crippen molar-refractivity contribution in [1.29, 1.82) is 0 Å². The van der Waals surface area contributed by atoms with Gasteiger partial charge in [-0.05, 0) is 6.92 Å². The van der Waals surface area contributed by atoms with Crippen LogP contribution in [0.25, 0.3) is 0 Å². The molecule has 0 spiro atoms. The Kier molecular flexibility index (Phi) is 6.20. The van der Waals surface area contributed by atoms with E-state index in [0.29, 0.717) is 19.0 Å². The van der Waals surface area contributed by atoms with E-state index >= 15 is 0 Å². The summed E-state index contributed by atoms with van der Waals surface area (Å²) < 4.78 is 64.7. The predicted octanol–water partition coefficient (Wildman–Crippen LogP) is 1.92. The molecule has 6 nitrogen and oxygen atoms in total. The molecule has 2 heterocycles. The van der Waals surface area contributed by atoms with Crippen LogP contribution in [-0.2, 0) is 6.54 Å². The molecule has 11 heteroatoms. The molecule has 1 atom stereocenters. The van der Waals surface area contributed by atoms with E-state index in [2.05, 4.69) is 15.3 Å². The Morgan fingerprint density at radius 1 is 1.28 bits per heavy atom. The molecule has 0 aliphatic carbocycles. The zero-order valence-electron chi connectivity index (χ0n) is 14.0. The fraction of sp³-hybridized carbons (Fsp3) is 0.714. The van der Waals surface area contributed by atoms with E-state index in [0.717, 1.165) is 11.5 Å². The molecule has 1 aromatic heterocycles. The number of nitrogens with zero attached hydrogens (tertiary/aromatic N) is 5. The van der Waals surface area contributed by atoms with E-state index in [9.17, 15) is 22.0 Å². The minimum absolute atomic E-state index is 0.0448. The van der Waals surface area contributed by atoms with E-state index in [4.69, 9.17) is 0 Å². The van der Waals surface area contributed by atoms with Gasteiger partial charge in [0.25, 0.3) is 0 Å². The lowest BCUT2D eigenvalue weighted by atomic mass is 10.2. The number of alkyl halides is 5. The van der Waals surface area contributed by atoms with Crippen LogP contribution in [0, 0.1) is 0 Å². The summed E-state index contributed by atoms with van der Waals surface area (Å²) in [5, 5.41) is 2.93. The topological polar surface area (TPSA) is 48.7 Å². The molecular weight excluding hydrogens is 347 g/mol. The molecule has 1 unspecified atom stereocenters. The van der Waals surface area contributed by atoms with Gasteiger partial charge in [0.2, 0.25) is 0 Å². The summed E-state index contributed by atoms with van der Waals surface area (Å²) in [5.74, 6) is 0.601. The molecule has 25 heavy (non-hydrogen) atoms. The van der Waals surface area contributed by atoms with Crippen molar-refractivity contribution in [3.8, 4) is 0 Å². The van der Waals surface area contributed by atoms with Crippen LogP contribution in [0.1, 0.15) is 19.3 Å². The lowest BCUT2D eigenvalue weighted by Gasteiger charge is -2.39. The minimum atomic E-state index is -4.26. The molecule has 0 bridgehead atoms. The van der Waals surface area contributed by atoms with Crippen molar-refractivity contribution in [3.63, 3.8) is 0 Å². The van der Waals surface area contributed by atoms with Gasteiger partial charge in [0.1, 0.15) is 11.9 Å². The first-order valence-electron chi connectivity index (χ1n) is 7.80. The van der Waals surface area contributed by atoms with E-state index in [1.54, 1.807) is 4.90 Å². The summed E-state index contributed by atoms with van der Waals surface area (Å²) in [6, 6.07) is -1.50. The normalized spacial score (nSPS) is 18.7. The molecule has 142 valence electrons. The minimum Gasteiger partial charge on any atom is -0.349 e. The molecule has 1 aliphatic rings. The van der Waals surface area contributed by atoms with Crippen LogP contribution < -0.4 is 5.32 Å². The summed E-state index contributed by atoms with van der Waals surface area (Å²) in [6.07, 6.45) is -1.79. The highest BCUT2D eigenvalue weighted by Gasteiger charge is 2.41. The number of hydrogen-bond acceptors (Lipinski definition) is 3. The van der Waals surface area contributed by atoms with Gasteiger partial charge in [0.15, 0.2) is 5.96 Å². The Labute approximate surface area is 142 Å². The average Bonchev–Trinajstić information content (AvgIpc) is 3.03. The van der Waals surface area contributed by atoms with Gasteiger partial charge in [0.05, 0.1) is 6.54 Å². The van der Waals surface area contributed by atoms with Gasteiger partial charge in [-0.2, -0.15) is 22.0 Å². The lowest BCUT2D eigenvalue weighted by molar-refractivity contribution is -0.181. The van der Waals surface area contributed by atoms with Crippen molar-refractivity contribution >= 4 is 5.96 Å². The molecule has 1 fully saturated rings. The van der Waals surface area contributed by atoms with Gasteiger partial charge in [-0.1, -0.05) is 0 Å². The molecule has 1 aliphatic heterocycles. The third-order valence-electron chi connectivity index (χ3n) is 4.21. The molecular formula is C14H21F5N6. The number of imidazole rings is 1. The smallest absolute Gasteiger partial charge is 0.349 e. The zero-order chi connectivity index (χ0) is 18.6. The average molecular weight is 368 g/mol. The maximum atomic E-state index is 12.8. The molecule has 1 saturated heterocycles. The van der Waals surface area contributed by atoms with Crippen LogP contribution >= 0.6 is 0 Å². The fourth-order valence-electron chi connectivity index (χ4n) is 2.68. The first-order chi connectivity index (χ1) is 11.7. The van der Waals surface area contributed by atoms with Crippen molar-refractivity contribution in [2.75, 3.05) is 33.2 Å². The van der Waals surface area contributed by atoms with Gasteiger partial charge in [-0.3, -0.25) is 14.5 Å². The second-order valence-electron chi connectivity index (χ2n) is 5.67. The molecule has 1 aromatic rings. The number of nitrogens with one attached hydrogen (secondary N) is 1. The van der Waals surface area contributed by atoms with Crippen LogP contribution in [0.5, 0.6) is 0 Å². The zero-order valence-corrected chi connectivity index (χ0v) is 14.0. The van der Waals surface area contributed by atoms with Crippen molar-refractivity contribution in [2.24, 2.45) is 4.99 Å². The maximum absolute atomic E-state index is 12.8. The number of aliphatic imine (C=N–C) groups is 1. The number of piperazine rings is 1. The first kappa shape index (κ1) is 19.4. The lowest BCUT2D eigenvalue weighted by Crippen LogP contribution is -2.56. The highest BCUT2D eigenvalue weighted by Crippen LogP contribution is 2.25. The Hall–Kier alpha value is -1.91. The van der Waals surface area contributed by atoms with E-state index in [1.165, 1.54) is 24.3 Å². The molecule has 0 amide bonds. The second-order valence-corrected chi connectivity index (χ2v) is 5.67. The van der Waals surface area contributed by atoms with Gasteiger partial charge < -0.3 is 10.2 Å². The monoisotopic (exact) mass is 368 g/mol. The van der Waals surface area contributed by atoms with E-state index < -0.39 is 18.8 Å². The SMILES string of the molecule is CN=C(NCc1nccn1C(F)F)N1CCN(C(C)C(F)(F)F)CC1. The Morgan fingerprint density at radius 2 is 1.92 bits per heavy atom. The first-order valence-corrected chi connectivity index (χ1v) is 7.80. The Bertz CT molecular complexity index is 577. The summed E-state index contributed by atoms with van der Waals surface area (Å²) >= 11 is 0. The number of hydrogen-bond donors (Lipinski definition) is 1. The number of aromatic nitrogens is 2. The summed E-state index contributed by atoms with van der Waals surface area (Å²) in [7, 11) is 1.53. The van der Waals surface area contributed by atoms with Crippen LogP contribution in [0.2, 0.25) is 0 Å². The van der Waals surface area contributed by atoms with Gasteiger partial charge in [0, 0.05) is 45.6 Å².